The number of hydrogen-bond acceptors (Lipinski definition) is 9. The van der Waals surface area contributed by atoms with Gasteiger partial charge in [0.05, 0.1) is 36.0 Å². The first kappa shape index (κ1) is 39.1. The van der Waals surface area contributed by atoms with E-state index in [4.69, 9.17) is 18.9 Å². The SMILES string of the molecule is C[C@H]1[C@@H](CSc2nc(-c3ccccc3)c(-c3ccccc3)o2)O[C@@H](c2cccc(-c3cccc(CNC(=O)c4cnc5ccccc5n4)c3)c2)O[C@H]1c1ccc(CO)cc1. The molecule has 8 aromatic rings. The lowest BCUT2D eigenvalue weighted by atomic mass is 9.91. The third-order valence-corrected chi connectivity index (χ3v) is 11.7. The molecule has 1 aliphatic rings. The van der Waals surface area contributed by atoms with Gasteiger partial charge >= 0.3 is 0 Å². The van der Waals surface area contributed by atoms with E-state index in [2.05, 4.69) is 46.5 Å². The molecule has 0 radical (unpaired) electrons. The van der Waals surface area contributed by atoms with Gasteiger partial charge < -0.3 is 24.3 Å². The van der Waals surface area contributed by atoms with Crippen molar-refractivity contribution in [3.8, 4) is 33.7 Å². The van der Waals surface area contributed by atoms with Crippen LogP contribution in [-0.2, 0) is 22.6 Å². The molecular formula is C50H42N4O5S. The minimum atomic E-state index is -0.663. The summed E-state index contributed by atoms with van der Waals surface area (Å²) in [5.74, 6) is 0.993. The number of nitrogens with zero attached hydrogens (tertiary/aromatic N) is 3. The van der Waals surface area contributed by atoms with Crippen LogP contribution in [0.1, 0.15) is 52.1 Å². The Labute approximate surface area is 352 Å². The molecule has 60 heavy (non-hydrogen) atoms. The predicted octanol–water partition coefficient (Wildman–Crippen LogP) is 10.6. The molecule has 2 aromatic heterocycles. The molecular weight excluding hydrogens is 769 g/mol. The fourth-order valence-corrected chi connectivity index (χ4v) is 8.45. The van der Waals surface area contributed by atoms with Crippen LogP contribution < -0.4 is 5.32 Å². The van der Waals surface area contributed by atoms with E-state index < -0.39 is 6.29 Å². The van der Waals surface area contributed by atoms with Crippen molar-refractivity contribution < 1.29 is 23.8 Å². The maximum atomic E-state index is 13.0. The van der Waals surface area contributed by atoms with Crippen molar-refractivity contribution in [1.29, 1.82) is 0 Å². The van der Waals surface area contributed by atoms with Gasteiger partial charge in [0.15, 0.2) is 12.1 Å². The number of benzene rings is 6. The van der Waals surface area contributed by atoms with Gasteiger partial charge in [0, 0.05) is 34.9 Å². The van der Waals surface area contributed by atoms with Gasteiger partial charge in [0.25, 0.3) is 11.1 Å². The molecule has 1 saturated heterocycles. The highest BCUT2D eigenvalue weighted by Gasteiger charge is 2.39. The minimum absolute atomic E-state index is 0.0264. The average Bonchev–Trinajstić information content (AvgIpc) is 3.75. The zero-order valence-corrected chi connectivity index (χ0v) is 33.7. The number of carbonyl (C=O) groups excluding carboxylic acids is 1. The highest BCUT2D eigenvalue weighted by molar-refractivity contribution is 7.99. The molecule has 298 valence electrons. The number of hydrogen-bond donors (Lipinski definition) is 2. The van der Waals surface area contributed by atoms with Gasteiger partial charge in [-0.1, -0.05) is 152 Å². The van der Waals surface area contributed by atoms with Gasteiger partial charge in [-0.15, -0.1) is 0 Å². The molecule has 2 N–H and O–H groups in total. The quantitative estimate of drug-likeness (QED) is 0.116. The zero-order chi connectivity index (χ0) is 40.8. The predicted molar refractivity (Wildman–Crippen MR) is 234 cm³/mol. The lowest BCUT2D eigenvalue weighted by Gasteiger charge is -2.41. The number of amides is 1. The maximum Gasteiger partial charge on any atom is 0.271 e. The van der Waals surface area contributed by atoms with E-state index in [-0.39, 0.29) is 36.3 Å². The summed E-state index contributed by atoms with van der Waals surface area (Å²) in [5.41, 5.74) is 10.1. The van der Waals surface area contributed by atoms with E-state index in [9.17, 15) is 9.90 Å². The van der Waals surface area contributed by atoms with Crippen molar-refractivity contribution in [2.75, 3.05) is 5.75 Å². The minimum Gasteiger partial charge on any atom is -0.431 e. The molecule has 0 spiro atoms. The maximum absolute atomic E-state index is 13.0. The summed E-state index contributed by atoms with van der Waals surface area (Å²) in [4.78, 5) is 26.9. The number of aliphatic hydroxyl groups is 1. The Morgan fingerprint density at radius 3 is 2.13 bits per heavy atom. The Kier molecular flexibility index (Phi) is 11.6. The smallest absolute Gasteiger partial charge is 0.271 e. The van der Waals surface area contributed by atoms with Gasteiger partial charge in [-0.05, 0) is 52.1 Å². The van der Waals surface area contributed by atoms with Crippen LogP contribution in [-0.4, -0.2) is 37.8 Å². The summed E-state index contributed by atoms with van der Waals surface area (Å²) in [5, 5.41) is 13.3. The first-order valence-corrected chi connectivity index (χ1v) is 20.9. The van der Waals surface area contributed by atoms with Crippen molar-refractivity contribution in [1.82, 2.24) is 20.3 Å². The number of para-hydroxylation sites is 2. The van der Waals surface area contributed by atoms with E-state index in [1.807, 2.05) is 133 Å². The number of thioether (sulfide) groups is 1. The van der Waals surface area contributed by atoms with Crippen molar-refractivity contribution >= 4 is 28.7 Å². The summed E-state index contributed by atoms with van der Waals surface area (Å²) in [6.45, 7) is 2.45. The van der Waals surface area contributed by atoms with E-state index in [1.54, 1.807) is 0 Å². The Balaban J connectivity index is 0.953. The van der Waals surface area contributed by atoms with E-state index in [0.29, 0.717) is 23.0 Å². The number of oxazole rings is 1. The molecule has 0 aliphatic carbocycles. The van der Waals surface area contributed by atoms with E-state index >= 15 is 0 Å². The summed E-state index contributed by atoms with van der Waals surface area (Å²) in [6, 6.07) is 51.9. The highest BCUT2D eigenvalue weighted by Crippen LogP contribution is 2.44. The molecule has 9 nitrogen and oxygen atoms in total. The van der Waals surface area contributed by atoms with Gasteiger partial charge in [0.1, 0.15) is 11.4 Å². The van der Waals surface area contributed by atoms with Crippen LogP contribution in [0.25, 0.3) is 44.7 Å². The van der Waals surface area contributed by atoms with Crippen LogP contribution in [0.3, 0.4) is 0 Å². The van der Waals surface area contributed by atoms with Crippen LogP contribution in [0.2, 0.25) is 0 Å². The Morgan fingerprint density at radius 1 is 0.683 bits per heavy atom. The molecule has 1 amide bonds. The lowest BCUT2D eigenvalue weighted by molar-refractivity contribution is -0.268. The highest BCUT2D eigenvalue weighted by atomic mass is 32.2. The first-order chi connectivity index (χ1) is 29.5. The van der Waals surface area contributed by atoms with Crippen LogP contribution in [0.15, 0.2) is 174 Å². The molecule has 0 saturated carbocycles. The topological polar surface area (TPSA) is 120 Å². The van der Waals surface area contributed by atoms with Crippen molar-refractivity contribution in [3.05, 3.63) is 192 Å². The number of fused-ring (bicyclic) bond motifs is 1. The van der Waals surface area contributed by atoms with Gasteiger partial charge in [-0.25, -0.2) is 9.97 Å². The number of carbonyl (C=O) groups is 1. The number of rotatable bonds is 12. The molecule has 1 fully saturated rings. The van der Waals surface area contributed by atoms with Gasteiger partial charge in [-0.3, -0.25) is 9.78 Å². The van der Waals surface area contributed by atoms with Crippen LogP contribution >= 0.6 is 11.8 Å². The number of nitrogens with one attached hydrogen (secondary N) is 1. The summed E-state index contributed by atoms with van der Waals surface area (Å²) >= 11 is 1.53. The van der Waals surface area contributed by atoms with Crippen LogP contribution in [0.4, 0.5) is 0 Å². The number of ether oxygens (including phenoxy) is 2. The fraction of sp³-hybridized carbons (Fsp3) is 0.160. The number of aliphatic hydroxyl groups excluding tert-OH is 1. The molecule has 0 bridgehead atoms. The monoisotopic (exact) mass is 810 g/mol. The Hall–Kier alpha value is -6.43. The van der Waals surface area contributed by atoms with Gasteiger partial charge in [0.2, 0.25) is 0 Å². The third-order valence-electron chi connectivity index (χ3n) is 10.7. The molecule has 6 aromatic carbocycles. The van der Waals surface area contributed by atoms with Gasteiger partial charge in [-0.2, -0.15) is 0 Å². The summed E-state index contributed by atoms with van der Waals surface area (Å²) in [7, 11) is 0. The first-order valence-electron chi connectivity index (χ1n) is 19.9. The lowest BCUT2D eigenvalue weighted by Crippen LogP contribution is -2.38. The van der Waals surface area contributed by atoms with Crippen LogP contribution in [0.5, 0.6) is 0 Å². The molecule has 4 atom stereocenters. The Morgan fingerprint density at radius 2 is 1.37 bits per heavy atom. The van der Waals surface area contributed by atoms with Crippen molar-refractivity contribution in [2.24, 2.45) is 5.92 Å². The number of aromatic nitrogens is 3. The molecule has 3 heterocycles. The standard InChI is InChI=1S/C50H42N4O5S/c1-32-44(31-60-50-54-45(35-13-4-2-5-14-35)47(59-50)36-15-6-3-7-16-36)57-49(58-46(32)37-24-22-33(30-55)23-25-37)40-19-11-18-39(27-40)38-17-10-12-34(26-38)28-52-48(56)43-29-51-41-20-8-9-21-42(41)53-43/h2-27,29,32,44,46,49,55H,28,30-31H2,1H3,(H,52,56)/t32-,44+,46+,49+/m0/s1. The largest absolute Gasteiger partial charge is 0.431 e. The molecule has 0 unspecified atom stereocenters. The molecule has 1 aliphatic heterocycles. The molecule has 10 heteroatoms. The van der Waals surface area contributed by atoms with E-state index in [1.165, 1.54) is 18.0 Å². The second-order valence-corrected chi connectivity index (χ2v) is 15.7. The van der Waals surface area contributed by atoms with E-state index in [0.717, 1.165) is 61.5 Å². The average molecular weight is 811 g/mol. The Bertz CT molecular complexity index is 2670. The van der Waals surface area contributed by atoms with Crippen molar-refractivity contribution in [3.63, 3.8) is 0 Å². The summed E-state index contributed by atoms with van der Waals surface area (Å²) < 4.78 is 20.2. The fourth-order valence-electron chi connectivity index (χ4n) is 7.47. The second-order valence-electron chi connectivity index (χ2n) is 14.8. The second kappa shape index (κ2) is 17.8. The molecule has 9 rings (SSSR count). The summed E-state index contributed by atoms with van der Waals surface area (Å²) in [6.07, 6.45) is 0.329. The zero-order valence-electron chi connectivity index (χ0n) is 32.8. The third kappa shape index (κ3) is 8.64. The normalized spacial score (nSPS) is 17.7. The van der Waals surface area contributed by atoms with Crippen molar-refractivity contribution in [2.45, 2.75) is 43.8 Å². The van der Waals surface area contributed by atoms with Crippen LogP contribution in [0, 0.1) is 5.92 Å².